The van der Waals surface area contributed by atoms with Gasteiger partial charge in [-0.3, -0.25) is 9.69 Å². The van der Waals surface area contributed by atoms with E-state index < -0.39 is 0 Å². The number of hydrogen-bond acceptors (Lipinski definition) is 7. The Balaban J connectivity index is 1.36. The van der Waals surface area contributed by atoms with Crippen LogP contribution in [0, 0.1) is 0 Å². The van der Waals surface area contributed by atoms with Crippen LogP contribution in [0.25, 0.3) is 10.9 Å². The third-order valence-corrected chi connectivity index (χ3v) is 5.76. The second kappa shape index (κ2) is 8.92. The number of nitrogens with zero attached hydrogens (tertiary/aromatic N) is 6. The summed E-state index contributed by atoms with van der Waals surface area (Å²) in [5.41, 5.74) is 2.19. The number of carbonyl (C=O) groups is 1. The summed E-state index contributed by atoms with van der Waals surface area (Å²) in [7, 11) is 4.02. The van der Waals surface area contributed by atoms with Crippen LogP contribution < -0.4 is 9.80 Å². The van der Waals surface area contributed by atoms with E-state index >= 15 is 0 Å². The fourth-order valence-corrected chi connectivity index (χ4v) is 4.03. The Labute approximate surface area is 172 Å². The van der Waals surface area contributed by atoms with Gasteiger partial charge in [-0.05, 0) is 18.2 Å². The summed E-state index contributed by atoms with van der Waals surface area (Å²) < 4.78 is 5.41. The Kier molecular flexibility index (Phi) is 6.10. The molecule has 2 fully saturated rings. The molecule has 2 aliphatic heterocycles. The van der Waals surface area contributed by atoms with Crippen molar-refractivity contribution in [1.82, 2.24) is 19.8 Å². The fourth-order valence-electron chi connectivity index (χ4n) is 4.03. The molecule has 0 aliphatic carbocycles. The van der Waals surface area contributed by atoms with Crippen molar-refractivity contribution >= 4 is 28.3 Å². The summed E-state index contributed by atoms with van der Waals surface area (Å²) in [5, 5.41) is 1.08. The molecule has 0 N–H and O–H groups in total. The zero-order chi connectivity index (χ0) is 20.2. The molecule has 3 heterocycles. The highest BCUT2D eigenvalue weighted by molar-refractivity contribution is 5.91. The van der Waals surface area contributed by atoms with Crippen LogP contribution in [0.5, 0.6) is 0 Å². The number of piperazine rings is 1. The quantitative estimate of drug-likeness (QED) is 0.746. The molecular formula is C21H30N6O2. The van der Waals surface area contributed by atoms with Crippen LogP contribution in [-0.4, -0.2) is 98.8 Å². The van der Waals surface area contributed by atoms with Crippen molar-refractivity contribution < 1.29 is 9.53 Å². The molecule has 1 aromatic carbocycles. The van der Waals surface area contributed by atoms with Gasteiger partial charge in [0.1, 0.15) is 12.1 Å². The summed E-state index contributed by atoms with van der Waals surface area (Å²) in [6, 6.07) is 6.44. The van der Waals surface area contributed by atoms with Crippen LogP contribution in [0.2, 0.25) is 0 Å². The zero-order valence-electron chi connectivity index (χ0n) is 17.4. The van der Waals surface area contributed by atoms with Crippen molar-refractivity contribution in [3.05, 3.63) is 24.5 Å². The number of anilines is 2. The maximum absolute atomic E-state index is 12.1. The second-order valence-corrected chi connectivity index (χ2v) is 7.87. The van der Waals surface area contributed by atoms with Gasteiger partial charge in [-0.1, -0.05) is 0 Å². The Morgan fingerprint density at radius 2 is 1.86 bits per heavy atom. The SMILES string of the molecule is CN(C)c1ncnc2ccc(N3CCN(CCN4CCOCCC4=O)CC3)cc12. The van der Waals surface area contributed by atoms with Crippen molar-refractivity contribution in [2.75, 3.05) is 82.9 Å². The minimum atomic E-state index is 0.219. The highest BCUT2D eigenvalue weighted by Gasteiger charge is 2.21. The van der Waals surface area contributed by atoms with Crippen LogP contribution in [0.3, 0.4) is 0 Å². The monoisotopic (exact) mass is 398 g/mol. The smallest absolute Gasteiger partial charge is 0.225 e. The van der Waals surface area contributed by atoms with E-state index in [4.69, 9.17) is 4.74 Å². The van der Waals surface area contributed by atoms with Gasteiger partial charge in [0, 0.05) is 71.0 Å². The zero-order valence-corrected chi connectivity index (χ0v) is 17.4. The molecule has 8 heteroatoms. The highest BCUT2D eigenvalue weighted by Crippen LogP contribution is 2.27. The first-order valence-corrected chi connectivity index (χ1v) is 10.4. The lowest BCUT2D eigenvalue weighted by Crippen LogP contribution is -2.49. The van der Waals surface area contributed by atoms with E-state index in [1.165, 1.54) is 5.69 Å². The lowest BCUT2D eigenvalue weighted by molar-refractivity contribution is -0.130. The molecule has 29 heavy (non-hydrogen) atoms. The molecule has 0 bridgehead atoms. The molecule has 4 rings (SSSR count). The number of aromatic nitrogens is 2. The van der Waals surface area contributed by atoms with Gasteiger partial charge in [0.15, 0.2) is 0 Å². The van der Waals surface area contributed by atoms with Crippen LogP contribution in [0.1, 0.15) is 6.42 Å². The molecular weight excluding hydrogens is 368 g/mol. The summed E-state index contributed by atoms with van der Waals surface area (Å²) in [6.45, 7) is 7.61. The molecule has 0 radical (unpaired) electrons. The molecule has 0 spiro atoms. The normalized spacial score (nSPS) is 18.9. The molecule has 0 unspecified atom stereocenters. The first-order valence-electron chi connectivity index (χ1n) is 10.4. The maximum atomic E-state index is 12.1. The minimum absolute atomic E-state index is 0.219. The predicted octanol–water partition coefficient (Wildman–Crippen LogP) is 1.07. The van der Waals surface area contributed by atoms with Crippen molar-refractivity contribution in [2.45, 2.75) is 6.42 Å². The van der Waals surface area contributed by atoms with Gasteiger partial charge in [-0.2, -0.15) is 0 Å². The lowest BCUT2D eigenvalue weighted by Gasteiger charge is -2.37. The van der Waals surface area contributed by atoms with Gasteiger partial charge in [0.05, 0.1) is 25.2 Å². The van der Waals surface area contributed by atoms with Crippen molar-refractivity contribution in [3.63, 3.8) is 0 Å². The molecule has 8 nitrogen and oxygen atoms in total. The molecule has 156 valence electrons. The molecule has 2 saturated heterocycles. The average molecular weight is 399 g/mol. The summed E-state index contributed by atoms with van der Waals surface area (Å²) in [4.78, 5) is 29.8. The van der Waals surface area contributed by atoms with E-state index in [2.05, 4.69) is 38.0 Å². The molecule has 1 amide bonds. The Bertz CT molecular complexity index is 850. The maximum Gasteiger partial charge on any atom is 0.225 e. The van der Waals surface area contributed by atoms with Crippen molar-refractivity contribution in [3.8, 4) is 0 Å². The third-order valence-electron chi connectivity index (χ3n) is 5.76. The Morgan fingerprint density at radius 1 is 1.03 bits per heavy atom. The Hall–Kier alpha value is -2.45. The Morgan fingerprint density at radius 3 is 2.66 bits per heavy atom. The number of rotatable bonds is 5. The van der Waals surface area contributed by atoms with E-state index in [-0.39, 0.29) is 5.91 Å². The lowest BCUT2D eigenvalue weighted by atomic mass is 10.1. The predicted molar refractivity (Wildman–Crippen MR) is 115 cm³/mol. The van der Waals surface area contributed by atoms with Crippen molar-refractivity contribution in [1.29, 1.82) is 0 Å². The van der Waals surface area contributed by atoms with E-state index in [0.717, 1.165) is 56.0 Å². The minimum Gasteiger partial charge on any atom is -0.379 e. The van der Waals surface area contributed by atoms with Gasteiger partial charge < -0.3 is 19.4 Å². The van der Waals surface area contributed by atoms with Crippen molar-refractivity contribution in [2.24, 2.45) is 0 Å². The molecule has 0 saturated carbocycles. The first-order chi connectivity index (χ1) is 14.1. The summed E-state index contributed by atoms with van der Waals surface area (Å²) >= 11 is 0. The standard InChI is InChI=1S/C21H30N6O2/c1-24(2)21-18-15-17(3-4-19(18)22-16-23-21)26-9-6-25(7-10-26)8-11-27-12-14-29-13-5-20(27)28/h3-4,15-16H,5-14H2,1-2H3. The van der Waals surface area contributed by atoms with Crippen LogP contribution in [0.4, 0.5) is 11.5 Å². The topological polar surface area (TPSA) is 65.0 Å². The van der Waals surface area contributed by atoms with Gasteiger partial charge in [-0.25, -0.2) is 9.97 Å². The number of fused-ring (bicyclic) bond motifs is 1. The second-order valence-electron chi connectivity index (χ2n) is 7.87. The van der Waals surface area contributed by atoms with Crippen LogP contribution in [0.15, 0.2) is 24.5 Å². The summed E-state index contributed by atoms with van der Waals surface area (Å²) in [5.74, 6) is 1.16. The number of hydrogen-bond donors (Lipinski definition) is 0. The summed E-state index contributed by atoms with van der Waals surface area (Å²) in [6.07, 6.45) is 2.13. The number of carbonyl (C=O) groups excluding carboxylic acids is 1. The van der Waals surface area contributed by atoms with E-state index in [0.29, 0.717) is 26.2 Å². The molecule has 2 aliphatic rings. The van der Waals surface area contributed by atoms with Crippen LogP contribution >= 0.6 is 0 Å². The average Bonchev–Trinajstić information content (AvgIpc) is 2.95. The van der Waals surface area contributed by atoms with Gasteiger partial charge in [0.2, 0.25) is 5.91 Å². The number of ether oxygens (including phenoxy) is 1. The first kappa shape index (κ1) is 19.8. The van der Waals surface area contributed by atoms with Crippen LogP contribution in [-0.2, 0) is 9.53 Å². The number of benzene rings is 1. The number of amides is 1. The molecule has 1 aromatic heterocycles. The largest absolute Gasteiger partial charge is 0.379 e. The van der Waals surface area contributed by atoms with E-state index in [1.807, 2.05) is 23.9 Å². The van der Waals surface area contributed by atoms with Gasteiger partial charge >= 0.3 is 0 Å². The van der Waals surface area contributed by atoms with E-state index in [9.17, 15) is 4.79 Å². The third kappa shape index (κ3) is 4.59. The highest BCUT2D eigenvalue weighted by atomic mass is 16.5. The van der Waals surface area contributed by atoms with E-state index in [1.54, 1.807) is 6.33 Å². The fraction of sp³-hybridized carbons (Fsp3) is 0.571. The van der Waals surface area contributed by atoms with Gasteiger partial charge in [-0.15, -0.1) is 0 Å². The molecule has 2 aromatic rings. The molecule has 0 atom stereocenters. The van der Waals surface area contributed by atoms with Gasteiger partial charge in [0.25, 0.3) is 0 Å².